The van der Waals surface area contributed by atoms with E-state index in [1.54, 1.807) is 0 Å². The van der Waals surface area contributed by atoms with Gasteiger partial charge >= 0.3 is 0 Å². The van der Waals surface area contributed by atoms with Gasteiger partial charge in [0.1, 0.15) is 24.7 Å². The molecule has 20 heavy (non-hydrogen) atoms. The predicted octanol–water partition coefficient (Wildman–Crippen LogP) is -0.344. The number of aromatic hydroxyl groups is 2. The molecule has 0 aliphatic rings. The van der Waals surface area contributed by atoms with Crippen molar-refractivity contribution in [3.8, 4) is 23.0 Å². The van der Waals surface area contributed by atoms with E-state index >= 15 is 0 Å². The Morgan fingerprint density at radius 1 is 0.800 bits per heavy atom. The van der Waals surface area contributed by atoms with Gasteiger partial charge in [-0.1, -0.05) is 0 Å². The summed E-state index contributed by atoms with van der Waals surface area (Å²) in [4.78, 5) is 22.9. The minimum absolute atomic E-state index is 0.195. The summed E-state index contributed by atoms with van der Waals surface area (Å²) in [5.41, 5.74) is -1.77. The third-order valence-electron chi connectivity index (χ3n) is 2.47. The molecule has 0 spiro atoms. The first kappa shape index (κ1) is 13.8. The summed E-state index contributed by atoms with van der Waals surface area (Å²) in [6, 6.07) is 1.70. The van der Waals surface area contributed by atoms with Crippen molar-refractivity contribution in [2.75, 3.05) is 0 Å². The Hall–Kier alpha value is -2.58. The molecule has 0 bridgehead atoms. The quantitative estimate of drug-likeness (QED) is 0.598. The number of hydrogen-bond donors (Lipinski definition) is 4. The van der Waals surface area contributed by atoms with Crippen LogP contribution in [0.2, 0.25) is 0 Å². The van der Waals surface area contributed by atoms with Crippen LogP contribution >= 0.6 is 0 Å². The topological polar surface area (TPSA) is 141 Å². The first-order valence-corrected chi connectivity index (χ1v) is 5.42. The van der Waals surface area contributed by atoms with E-state index in [1.807, 2.05) is 0 Å². The molecule has 106 valence electrons. The van der Waals surface area contributed by atoms with Crippen LogP contribution in [0.3, 0.4) is 0 Å². The lowest BCUT2D eigenvalue weighted by atomic mass is 10.2. The van der Waals surface area contributed by atoms with E-state index in [0.717, 1.165) is 12.1 Å². The van der Waals surface area contributed by atoms with E-state index in [4.69, 9.17) is 19.0 Å². The average molecular weight is 282 g/mol. The van der Waals surface area contributed by atoms with Crippen molar-refractivity contribution < 1.29 is 29.3 Å². The molecule has 8 nitrogen and oxygen atoms in total. The fraction of sp³-hybridized carbons (Fsp3) is 0.167. The second-order valence-corrected chi connectivity index (χ2v) is 3.83. The Bertz CT molecular complexity index is 690. The molecule has 0 aromatic carbocycles. The van der Waals surface area contributed by atoms with Crippen molar-refractivity contribution in [1.82, 2.24) is 0 Å². The molecular weight excluding hydrogens is 272 g/mol. The highest BCUT2D eigenvalue weighted by atomic mass is 16.4. The Balaban J connectivity index is 2.80. The normalized spacial score (nSPS) is 10.7. The van der Waals surface area contributed by atoms with Crippen molar-refractivity contribution in [2.24, 2.45) is 0 Å². The van der Waals surface area contributed by atoms with Crippen LogP contribution in [0.15, 0.2) is 30.6 Å². The lowest BCUT2D eigenvalue weighted by molar-refractivity contribution is 0.235. The highest BCUT2D eigenvalue weighted by Crippen LogP contribution is 2.32. The summed E-state index contributed by atoms with van der Waals surface area (Å²) in [5.74, 6) is -3.39. The van der Waals surface area contributed by atoms with Crippen molar-refractivity contribution in [3.63, 3.8) is 0 Å². The molecule has 0 fully saturated rings. The predicted molar refractivity (Wildman–Crippen MR) is 64.1 cm³/mol. The molecule has 0 aliphatic heterocycles. The zero-order valence-corrected chi connectivity index (χ0v) is 9.99. The summed E-state index contributed by atoms with van der Waals surface area (Å²) in [5, 5.41) is 37.1. The molecule has 0 amide bonds. The van der Waals surface area contributed by atoms with E-state index in [-0.39, 0.29) is 11.5 Å². The van der Waals surface area contributed by atoms with Crippen LogP contribution in [0.5, 0.6) is 11.5 Å². The molecule has 2 rings (SSSR count). The number of hydrogen-bond acceptors (Lipinski definition) is 8. The van der Waals surface area contributed by atoms with E-state index < -0.39 is 47.1 Å². The molecule has 8 heteroatoms. The first-order chi connectivity index (χ1) is 9.47. The summed E-state index contributed by atoms with van der Waals surface area (Å²) < 4.78 is 9.97. The molecular formula is C12H10O8. The van der Waals surface area contributed by atoms with Crippen LogP contribution in [0, 0.1) is 0 Å². The molecule has 0 aliphatic carbocycles. The van der Waals surface area contributed by atoms with Gasteiger partial charge in [0, 0.05) is 12.1 Å². The number of rotatable bonds is 3. The van der Waals surface area contributed by atoms with Gasteiger partial charge in [-0.15, -0.1) is 0 Å². The lowest BCUT2D eigenvalue weighted by Gasteiger charge is -2.07. The first-order valence-electron chi connectivity index (χ1n) is 5.42. The van der Waals surface area contributed by atoms with Crippen LogP contribution in [-0.2, 0) is 13.2 Å². The molecule has 0 radical (unpaired) electrons. The van der Waals surface area contributed by atoms with Crippen molar-refractivity contribution >= 4 is 0 Å². The van der Waals surface area contributed by atoms with Crippen LogP contribution in [0.1, 0.15) is 11.5 Å². The second-order valence-electron chi connectivity index (χ2n) is 3.83. The summed E-state index contributed by atoms with van der Waals surface area (Å²) >= 11 is 0. The van der Waals surface area contributed by atoms with Gasteiger partial charge in [0.25, 0.3) is 0 Å². The van der Waals surface area contributed by atoms with E-state index in [9.17, 15) is 19.8 Å². The second kappa shape index (κ2) is 5.19. The smallest absolute Gasteiger partial charge is 0.227 e. The molecule has 0 saturated heterocycles. The molecule has 2 aromatic heterocycles. The Kier molecular flexibility index (Phi) is 3.59. The van der Waals surface area contributed by atoms with E-state index in [1.165, 1.54) is 0 Å². The SMILES string of the molecule is O=c1cc(CO)oc(-c2oc(CO)cc(=O)c2O)c1O. The van der Waals surface area contributed by atoms with Crippen molar-refractivity contribution in [2.45, 2.75) is 13.2 Å². The molecule has 0 saturated carbocycles. The monoisotopic (exact) mass is 282 g/mol. The van der Waals surface area contributed by atoms with Gasteiger partial charge in [-0.05, 0) is 0 Å². The standard InChI is InChI=1S/C12H10O8/c13-3-5-1-7(15)9(17)11(19-5)12-10(18)8(16)2-6(4-14)20-12/h1-2,13-14,17-18H,3-4H2. The molecule has 0 unspecified atom stereocenters. The van der Waals surface area contributed by atoms with E-state index in [0.29, 0.717) is 0 Å². The zero-order chi connectivity index (χ0) is 14.9. The fourth-order valence-electron chi connectivity index (χ4n) is 1.53. The van der Waals surface area contributed by atoms with E-state index in [2.05, 4.69) is 0 Å². The number of aliphatic hydroxyl groups excluding tert-OH is 2. The van der Waals surface area contributed by atoms with Crippen molar-refractivity contribution in [3.05, 3.63) is 44.1 Å². The largest absolute Gasteiger partial charge is 0.501 e. The van der Waals surface area contributed by atoms with Gasteiger partial charge in [-0.2, -0.15) is 0 Å². The fourth-order valence-corrected chi connectivity index (χ4v) is 1.53. The zero-order valence-electron chi connectivity index (χ0n) is 9.99. The van der Waals surface area contributed by atoms with Crippen LogP contribution < -0.4 is 10.9 Å². The summed E-state index contributed by atoms with van der Waals surface area (Å²) in [7, 11) is 0. The minimum Gasteiger partial charge on any atom is -0.501 e. The maximum absolute atomic E-state index is 11.5. The lowest BCUT2D eigenvalue weighted by Crippen LogP contribution is -2.06. The average Bonchev–Trinajstić information content (AvgIpc) is 2.44. The maximum atomic E-state index is 11.5. The summed E-state index contributed by atoms with van der Waals surface area (Å²) in [6.45, 7) is -1.26. The van der Waals surface area contributed by atoms with Crippen LogP contribution in [0.4, 0.5) is 0 Å². The molecule has 4 N–H and O–H groups in total. The van der Waals surface area contributed by atoms with Gasteiger partial charge < -0.3 is 29.3 Å². The molecule has 0 atom stereocenters. The molecule has 2 aromatic rings. The van der Waals surface area contributed by atoms with Crippen LogP contribution in [-0.4, -0.2) is 20.4 Å². The number of aliphatic hydroxyl groups is 2. The Morgan fingerprint density at radius 3 is 1.45 bits per heavy atom. The highest BCUT2D eigenvalue weighted by molar-refractivity contribution is 5.64. The van der Waals surface area contributed by atoms with Gasteiger partial charge in [0.2, 0.25) is 33.9 Å². The maximum Gasteiger partial charge on any atom is 0.227 e. The minimum atomic E-state index is -0.893. The Morgan fingerprint density at radius 2 is 1.15 bits per heavy atom. The molecule has 2 heterocycles. The van der Waals surface area contributed by atoms with Crippen LogP contribution in [0.25, 0.3) is 11.5 Å². The Labute approximate surface area is 110 Å². The third kappa shape index (κ3) is 2.29. The van der Waals surface area contributed by atoms with Gasteiger partial charge in [-0.3, -0.25) is 9.59 Å². The van der Waals surface area contributed by atoms with Gasteiger partial charge in [0.15, 0.2) is 0 Å². The summed E-state index contributed by atoms with van der Waals surface area (Å²) in [6.07, 6.45) is 0. The third-order valence-corrected chi connectivity index (χ3v) is 2.47. The van der Waals surface area contributed by atoms with Gasteiger partial charge in [-0.25, -0.2) is 0 Å². The van der Waals surface area contributed by atoms with Crippen molar-refractivity contribution in [1.29, 1.82) is 0 Å². The van der Waals surface area contributed by atoms with Gasteiger partial charge in [0.05, 0.1) is 0 Å². The highest BCUT2D eigenvalue weighted by Gasteiger charge is 2.21.